The molecule has 1 atom stereocenters. The number of aryl methyl sites for hydroxylation is 1. The van der Waals surface area contributed by atoms with Crippen LogP contribution >= 0.6 is 0 Å². The first kappa shape index (κ1) is 11.9. The first-order valence-corrected chi connectivity index (χ1v) is 6.29. The highest BCUT2D eigenvalue weighted by Gasteiger charge is 2.07. The summed E-state index contributed by atoms with van der Waals surface area (Å²) in [4.78, 5) is 4.46. The number of nitrogens with one attached hydrogen (secondary N) is 1. The van der Waals surface area contributed by atoms with Crippen molar-refractivity contribution in [3.63, 3.8) is 0 Å². The predicted molar refractivity (Wildman–Crippen MR) is 70.3 cm³/mol. The van der Waals surface area contributed by atoms with Crippen LogP contribution in [0.2, 0.25) is 0 Å². The molecule has 0 amide bonds. The van der Waals surface area contributed by atoms with E-state index in [1.807, 2.05) is 29.6 Å². The van der Waals surface area contributed by atoms with Crippen LogP contribution < -0.4 is 5.32 Å². The van der Waals surface area contributed by atoms with Crippen molar-refractivity contribution in [3.05, 3.63) is 23.9 Å². The second kappa shape index (κ2) is 5.17. The summed E-state index contributed by atoms with van der Waals surface area (Å²) >= 11 is 0. The summed E-state index contributed by atoms with van der Waals surface area (Å²) in [5.74, 6) is 0.725. The molecule has 4 nitrogen and oxygen atoms in total. The van der Waals surface area contributed by atoms with E-state index in [1.54, 1.807) is 0 Å². The van der Waals surface area contributed by atoms with Gasteiger partial charge in [0.2, 0.25) is 5.95 Å². The molecule has 0 bridgehead atoms. The minimum absolute atomic E-state index is 0.424. The van der Waals surface area contributed by atoms with E-state index in [-0.39, 0.29) is 0 Å². The Kier molecular flexibility index (Phi) is 3.61. The van der Waals surface area contributed by atoms with Crippen LogP contribution in [0.1, 0.15) is 38.8 Å². The van der Waals surface area contributed by atoms with Crippen LogP contribution in [-0.4, -0.2) is 20.6 Å². The number of aromatic nitrogens is 3. The minimum atomic E-state index is 0.424. The van der Waals surface area contributed by atoms with Crippen molar-refractivity contribution in [2.75, 3.05) is 5.32 Å². The topological polar surface area (TPSA) is 42.2 Å². The summed E-state index contributed by atoms with van der Waals surface area (Å²) in [7, 11) is 0. The maximum Gasteiger partial charge on any atom is 0.243 e. The smallest absolute Gasteiger partial charge is 0.243 e. The molecule has 1 unspecified atom stereocenters. The van der Waals surface area contributed by atoms with Gasteiger partial charge in [-0.2, -0.15) is 4.98 Å². The van der Waals surface area contributed by atoms with Gasteiger partial charge in [0.1, 0.15) is 0 Å². The molecule has 0 radical (unpaired) electrons. The molecule has 0 fully saturated rings. The number of anilines is 1. The summed E-state index contributed by atoms with van der Waals surface area (Å²) in [6.07, 6.45) is 3.62. The molecule has 0 aliphatic carbocycles. The van der Waals surface area contributed by atoms with E-state index in [2.05, 4.69) is 29.2 Å². The molecule has 2 rings (SSSR count). The van der Waals surface area contributed by atoms with Gasteiger partial charge in [-0.25, -0.2) is 4.52 Å². The van der Waals surface area contributed by atoms with Gasteiger partial charge in [0.15, 0.2) is 5.65 Å². The Morgan fingerprint density at radius 2 is 2.24 bits per heavy atom. The average Bonchev–Trinajstić information content (AvgIpc) is 2.70. The van der Waals surface area contributed by atoms with Gasteiger partial charge in [0.05, 0.1) is 0 Å². The molecule has 0 aliphatic heterocycles. The van der Waals surface area contributed by atoms with E-state index >= 15 is 0 Å². The molecule has 4 heteroatoms. The normalized spacial score (nSPS) is 12.9. The highest BCUT2D eigenvalue weighted by molar-refractivity contribution is 5.44. The lowest BCUT2D eigenvalue weighted by Crippen LogP contribution is -2.15. The van der Waals surface area contributed by atoms with E-state index in [1.165, 1.54) is 12.8 Å². The van der Waals surface area contributed by atoms with Gasteiger partial charge in [-0.1, -0.05) is 25.8 Å². The SMILES string of the molecule is CCCCC(C)Nc1nc2cccc(C)n2n1. The predicted octanol–water partition coefficient (Wildman–Crippen LogP) is 3.03. The molecule has 92 valence electrons. The van der Waals surface area contributed by atoms with Crippen molar-refractivity contribution in [3.8, 4) is 0 Å². The van der Waals surface area contributed by atoms with E-state index in [0.717, 1.165) is 23.7 Å². The monoisotopic (exact) mass is 232 g/mol. The number of pyridine rings is 1. The first-order chi connectivity index (χ1) is 8.20. The molecule has 0 aromatic carbocycles. The van der Waals surface area contributed by atoms with Gasteiger partial charge in [-0.15, -0.1) is 5.10 Å². The van der Waals surface area contributed by atoms with Crippen molar-refractivity contribution < 1.29 is 0 Å². The zero-order valence-electron chi connectivity index (χ0n) is 10.8. The van der Waals surface area contributed by atoms with Crippen LogP contribution in [0.4, 0.5) is 5.95 Å². The van der Waals surface area contributed by atoms with Gasteiger partial charge in [0, 0.05) is 11.7 Å². The Morgan fingerprint density at radius 3 is 2.94 bits per heavy atom. The quantitative estimate of drug-likeness (QED) is 0.861. The Balaban J connectivity index is 2.11. The molecule has 2 heterocycles. The Labute approximate surface area is 102 Å². The van der Waals surface area contributed by atoms with E-state index in [0.29, 0.717) is 6.04 Å². The number of hydrogen-bond acceptors (Lipinski definition) is 3. The standard InChI is InChI=1S/C13H20N4/c1-4-5-7-10(2)14-13-15-12-9-6-8-11(3)17(12)16-13/h6,8-10H,4-5,7H2,1-3H3,(H,14,16). The molecule has 0 saturated carbocycles. The highest BCUT2D eigenvalue weighted by atomic mass is 15.4. The first-order valence-electron chi connectivity index (χ1n) is 6.29. The maximum absolute atomic E-state index is 4.46. The minimum Gasteiger partial charge on any atom is -0.350 e. The molecular formula is C13H20N4. The van der Waals surface area contributed by atoms with Crippen LogP contribution in [0, 0.1) is 6.92 Å². The zero-order valence-corrected chi connectivity index (χ0v) is 10.8. The zero-order chi connectivity index (χ0) is 12.3. The molecule has 0 spiro atoms. The van der Waals surface area contributed by atoms with Crippen molar-refractivity contribution >= 4 is 11.6 Å². The van der Waals surface area contributed by atoms with Crippen LogP contribution in [0.3, 0.4) is 0 Å². The fraction of sp³-hybridized carbons (Fsp3) is 0.538. The second-order valence-corrected chi connectivity index (χ2v) is 4.56. The number of fused-ring (bicyclic) bond motifs is 1. The van der Waals surface area contributed by atoms with Crippen LogP contribution in [-0.2, 0) is 0 Å². The Morgan fingerprint density at radius 1 is 1.41 bits per heavy atom. The van der Waals surface area contributed by atoms with Gasteiger partial charge in [-0.05, 0) is 32.4 Å². The molecule has 2 aromatic heterocycles. The average molecular weight is 232 g/mol. The summed E-state index contributed by atoms with van der Waals surface area (Å²) < 4.78 is 1.87. The van der Waals surface area contributed by atoms with Gasteiger partial charge in [0.25, 0.3) is 0 Å². The van der Waals surface area contributed by atoms with Gasteiger partial charge < -0.3 is 5.32 Å². The molecule has 0 saturated heterocycles. The number of hydrogen-bond donors (Lipinski definition) is 1. The lowest BCUT2D eigenvalue weighted by Gasteiger charge is -2.10. The number of unbranched alkanes of at least 4 members (excludes halogenated alkanes) is 1. The van der Waals surface area contributed by atoms with Gasteiger partial charge >= 0.3 is 0 Å². The van der Waals surface area contributed by atoms with Crippen molar-refractivity contribution in [2.24, 2.45) is 0 Å². The Hall–Kier alpha value is -1.58. The molecule has 17 heavy (non-hydrogen) atoms. The van der Waals surface area contributed by atoms with Crippen molar-refractivity contribution in [1.29, 1.82) is 0 Å². The van der Waals surface area contributed by atoms with Crippen LogP contribution in [0.25, 0.3) is 5.65 Å². The summed E-state index contributed by atoms with van der Waals surface area (Å²) in [6.45, 7) is 6.42. The summed E-state index contributed by atoms with van der Waals surface area (Å²) in [5.41, 5.74) is 2.00. The third kappa shape index (κ3) is 2.75. The lowest BCUT2D eigenvalue weighted by molar-refractivity contribution is 0.640. The molecular weight excluding hydrogens is 212 g/mol. The van der Waals surface area contributed by atoms with Crippen LogP contribution in [0.15, 0.2) is 18.2 Å². The van der Waals surface area contributed by atoms with E-state index < -0.39 is 0 Å². The van der Waals surface area contributed by atoms with E-state index in [4.69, 9.17) is 0 Å². The third-order valence-corrected chi connectivity index (χ3v) is 2.92. The Bertz CT molecular complexity index is 489. The largest absolute Gasteiger partial charge is 0.350 e. The third-order valence-electron chi connectivity index (χ3n) is 2.92. The molecule has 0 aliphatic rings. The van der Waals surface area contributed by atoms with E-state index in [9.17, 15) is 0 Å². The number of rotatable bonds is 5. The molecule has 2 aromatic rings. The summed E-state index contributed by atoms with van der Waals surface area (Å²) in [6, 6.07) is 6.44. The highest BCUT2D eigenvalue weighted by Crippen LogP contribution is 2.10. The second-order valence-electron chi connectivity index (χ2n) is 4.56. The van der Waals surface area contributed by atoms with Gasteiger partial charge in [-0.3, -0.25) is 0 Å². The van der Waals surface area contributed by atoms with Crippen LogP contribution in [0.5, 0.6) is 0 Å². The molecule has 1 N–H and O–H groups in total. The van der Waals surface area contributed by atoms with Crippen molar-refractivity contribution in [2.45, 2.75) is 46.1 Å². The fourth-order valence-electron chi connectivity index (χ4n) is 1.90. The summed E-state index contributed by atoms with van der Waals surface area (Å²) in [5, 5.41) is 7.81. The van der Waals surface area contributed by atoms with Crippen molar-refractivity contribution in [1.82, 2.24) is 14.6 Å². The fourth-order valence-corrected chi connectivity index (χ4v) is 1.90. The lowest BCUT2D eigenvalue weighted by atomic mass is 10.1. The number of nitrogens with zero attached hydrogens (tertiary/aromatic N) is 3. The maximum atomic E-state index is 4.46.